The molecule has 0 saturated heterocycles. The van der Waals surface area contributed by atoms with Gasteiger partial charge in [0.1, 0.15) is 0 Å². The summed E-state index contributed by atoms with van der Waals surface area (Å²) in [5.74, 6) is 1.40. The lowest BCUT2D eigenvalue weighted by Gasteiger charge is -2.12. The Balaban J connectivity index is 2.89. The van der Waals surface area contributed by atoms with Crippen LogP contribution in [-0.4, -0.2) is 31.1 Å². The highest BCUT2D eigenvalue weighted by Crippen LogP contribution is 2.33. The number of hydrogen-bond donors (Lipinski definition) is 2. The summed E-state index contributed by atoms with van der Waals surface area (Å²) in [6.45, 7) is 7.74. The lowest BCUT2D eigenvalue weighted by atomic mass is 10.2. The van der Waals surface area contributed by atoms with Crippen molar-refractivity contribution in [1.29, 1.82) is 0 Å². The van der Waals surface area contributed by atoms with E-state index in [0.29, 0.717) is 29.8 Å². The molecule has 1 aromatic rings. The van der Waals surface area contributed by atoms with Gasteiger partial charge in [-0.1, -0.05) is 0 Å². The number of hydrazone groups is 1. The molecule has 0 unspecified atom stereocenters. The smallest absolute Gasteiger partial charge is 0.186 e. The highest BCUT2D eigenvalue weighted by atomic mass is 79.9. The summed E-state index contributed by atoms with van der Waals surface area (Å²) in [6.07, 6.45) is 1.67. The van der Waals surface area contributed by atoms with Gasteiger partial charge in [-0.2, -0.15) is 5.10 Å². The van der Waals surface area contributed by atoms with E-state index in [2.05, 4.69) is 31.8 Å². The molecule has 0 aliphatic carbocycles. The Bertz CT molecular complexity index is 509. The molecule has 0 spiro atoms. The van der Waals surface area contributed by atoms with Crippen LogP contribution in [0.2, 0.25) is 0 Å². The lowest BCUT2D eigenvalue weighted by molar-refractivity contribution is 0.287. The predicted octanol–water partition coefficient (Wildman–Crippen LogP) is 3.06. The molecule has 0 fully saturated rings. The summed E-state index contributed by atoms with van der Waals surface area (Å²) in [7, 11) is 0. The first-order valence-corrected chi connectivity index (χ1v) is 7.98. The monoisotopic (exact) mass is 373 g/mol. The van der Waals surface area contributed by atoms with E-state index in [0.717, 1.165) is 16.6 Å². The summed E-state index contributed by atoms with van der Waals surface area (Å²) in [5, 5.41) is 7.53. The van der Waals surface area contributed by atoms with Gasteiger partial charge in [0.05, 0.1) is 19.4 Å². The van der Waals surface area contributed by atoms with Gasteiger partial charge in [-0.3, -0.25) is 5.43 Å². The molecule has 0 aromatic heterocycles. The standard InChI is InChI=1S/C14H20BrN3O2S/c1-4-16-14(21)18-17-9-10-7-12(19-5-2)13(20-6-3)8-11(10)15/h7-9H,4-6H2,1-3H3,(H2,16,18,21)/b17-9-. The molecule has 0 saturated carbocycles. The van der Waals surface area contributed by atoms with Gasteiger partial charge >= 0.3 is 0 Å². The molecule has 116 valence electrons. The second-order valence-corrected chi connectivity index (χ2v) is 5.18. The van der Waals surface area contributed by atoms with Crippen molar-refractivity contribution >= 4 is 39.5 Å². The molecule has 5 nitrogen and oxygen atoms in total. The molecule has 0 amide bonds. The third kappa shape index (κ3) is 5.89. The highest BCUT2D eigenvalue weighted by Gasteiger charge is 2.09. The molecule has 0 bridgehead atoms. The number of benzene rings is 1. The van der Waals surface area contributed by atoms with Crippen molar-refractivity contribution in [2.75, 3.05) is 19.8 Å². The van der Waals surface area contributed by atoms with Crippen LogP contribution in [0.1, 0.15) is 26.3 Å². The highest BCUT2D eigenvalue weighted by molar-refractivity contribution is 9.10. The van der Waals surface area contributed by atoms with E-state index in [-0.39, 0.29) is 0 Å². The predicted molar refractivity (Wildman–Crippen MR) is 93.5 cm³/mol. The minimum Gasteiger partial charge on any atom is -0.490 e. The van der Waals surface area contributed by atoms with Gasteiger partial charge in [0.15, 0.2) is 16.6 Å². The first-order chi connectivity index (χ1) is 10.1. The van der Waals surface area contributed by atoms with E-state index in [9.17, 15) is 0 Å². The van der Waals surface area contributed by atoms with Crippen molar-refractivity contribution in [3.63, 3.8) is 0 Å². The van der Waals surface area contributed by atoms with Crippen LogP contribution in [0.15, 0.2) is 21.7 Å². The minimum atomic E-state index is 0.487. The third-order valence-electron chi connectivity index (χ3n) is 2.37. The van der Waals surface area contributed by atoms with Crippen LogP contribution < -0.4 is 20.2 Å². The van der Waals surface area contributed by atoms with Crippen molar-refractivity contribution in [1.82, 2.24) is 10.7 Å². The molecular weight excluding hydrogens is 354 g/mol. The number of hydrogen-bond acceptors (Lipinski definition) is 4. The van der Waals surface area contributed by atoms with Gasteiger partial charge in [0, 0.05) is 16.6 Å². The number of nitrogens with one attached hydrogen (secondary N) is 2. The fourth-order valence-corrected chi connectivity index (χ4v) is 2.17. The summed E-state index contributed by atoms with van der Waals surface area (Å²) in [4.78, 5) is 0. The molecule has 2 N–H and O–H groups in total. The normalized spacial score (nSPS) is 10.5. The first-order valence-electron chi connectivity index (χ1n) is 6.78. The van der Waals surface area contributed by atoms with E-state index in [1.165, 1.54) is 0 Å². The number of ether oxygens (including phenoxy) is 2. The van der Waals surface area contributed by atoms with E-state index >= 15 is 0 Å². The van der Waals surface area contributed by atoms with Crippen molar-refractivity contribution < 1.29 is 9.47 Å². The zero-order chi connectivity index (χ0) is 15.7. The Morgan fingerprint density at radius 2 is 1.86 bits per heavy atom. The van der Waals surface area contributed by atoms with Crippen molar-refractivity contribution in [3.8, 4) is 11.5 Å². The van der Waals surface area contributed by atoms with Gasteiger partial charge in [-0.05, 0) is 61.1 Å². The zero-order valence-electron chi connectivity index (χ0n) is 12.4. The van der Waals surface area contributed by atoms with E-state index in [1.807, 2.05) is 32.9 Å². The fourth-order valence-electron chi connectivity index (χ4n) is 1.55. The molecule has 0 radical (unpaired) electrons. The van der Waals surface area contributed by atoms with Crippen molar-refractivity contribution in [2.24, 2.45) is 5.10 Å². The van der Waals surface area contributed by atoms with Crippen molar-refractivity contribution in [2.45, 2.75) is 20.8 Å². The Hall–Kier alpha value is -1.34. The van der Waals surface area contributed by atoms with Gasteiger partial charge in [-0.25, -0.2) is 0 Å². The number of thiocarbonyl (C=S) groups is 1. The summed E-state index contributed by atoms with van der Waals surface area (Å²) in [6, 6.07) is 3.75. The summed E-state index contributed by atoms with van der Waals surface area (Å²) < 4.78 is 12.0. The summed E-state index contributed by atoms with van der Waals surface area (Å²) >= 11 is 8.53. The van der Waals surface area contributed by atoms with Crippen LogP contribution in [0.3, 0.4) is 0 Å². The Kier molecular flexibility index (Phi) is 8.07. The summed E-state index contributed by atoms with van der Waals surface area (Å²) in [5.41, 5.74) is 3.62. The van der Waals surface area contributed by atoms with E-state index in [1.54, 1.807) is 6.21 Å². The minimum absolute atomic E-state index is 0.487. The van der Waals surface area contributed by atoms with Crippen molar-refractivity contribution in [3.05, 3.63) is 22.2 Å². The Morgan fingerprint density at radius 1 is 1.24 bits per heavy atom. The molecule has 7 heteroatoms. The van der Waals surface area contributed by atoms with Gasteiger partial charge in [0.2, 0.25) is 0 Å². The molecule has 21 heavy (non-hydrogen) atoms. The average molecular weight is 374 g/mol. The molecule has 1 rings (SSSR count). The molecular formula is C14H20BrN3O2S. The second kappa shape index (κ2) is 9.57. The third-order valence-corrected chi connectivity index (χ3v) is 3.29. The van der Waals surface area contributed by atoms with Crippen LogP contribution in [0.4, 0.5) is 0 Å². The van der Waals surface area contributed by atoms with E-state index < -0.39 is 0 Å². The molecule has 0 atom stereocenters. The Labute approximate surface area is 139 Å². The second-order valence-electron chi connectivity index (χ2n) is 3.92. The Morgan fingerprint density at radius 3 is 2.43 bits per heavy atom. The number of rotatable bonds is 7. The van der Waals surface area contributed by atoms with Crippen LogP contribution in [-0.2, 0) is 0 Å². The maximum atomic E-state index is 5.59. The number of halogens is 1. The zero-order valence-corrected chi connectivity index (χ0v) is 14.8. The SMILES string of the molecule is CCNC(=S)N/N=C\c1cc(OCC)c(OCC)cc1Br. The van der Waals surface area contributed by atoms with Crippen LogP contribution >= 0.6 is 28.1 Å². The molecule has 0 aliphatic heterocycles. The van der Waals surface area contributed by atoms with Crippen LogP contribution in [0, 0.1) is 0 Å². The largest absolute Gasteiger partial charge is 0.490 e. The maximum absolute atomic E-state index is 5.59. The number of nitrogens with zero attached hydrogens (tertiary/aromatic N) is 1. The molecule has 1 aromatic carbocycles. The fraction of sp³-hybridized carbons (Fsp3) is 0.429. The maximum Gasteiger partial charge on any atom is 0.186 e. The van der Waals surface area contributed by atoms with Gasteiger partial charge in [0.25, 0.3) is 0 Å². The van der Waals surface area contributed by atoms with Gasteiger partial charge in [-0.15, -0.1) is 0 Å². The first kappa shape index (κ1) is 17.7. The molecule has 0 heterocycles. The van der Waals surface area contributed by atoms with Crippen LogP contribution in [0.5, 0.6) is 11.5 Å². The lowest BCUT2D eigenvalue weighted by Crippen LogP contribution is -2.31. The molecule has 0 aliphatic rings. The topological polar surface area (TPSA) is 54.9 Å². The van der Waals surface area contributed by atoms with Crippen LogP contribution in [0.25, 0.3) is 0 Å². The average Bonchev–Trinajstić information content (AvgIpc) is 2.44. The quantitative estimate of drug-likeness (QED) is 0.437. The van der Waals surface area contributed by atoms with E-state index in [4.69, 9.17) is 21.7 Å². The van der Waals surface area contributed by atoms with Gasteiger partial charge < -0.3 is 14.8 Å².